The summed E-state index contributed by atoms with van der Waals surface area (Å²) in [4.78, 5) is 14.6. The van der Waals surface area contributed by atoms with Crippen LogP contribution in [0.3, 0.4) is 0 Å². The lowest BCUT2D eigenvalue weighted by atomic mass is 10.2. The Morgan fingerprint density at radius 1 is 1.25 bits per heavy atom. The van der Waals surface area contributed by atoms with Gasteiger partial charge in [0.2, 0.25) is 5.91 Å². The molecule has 1 fully saturated rings. The topological polar surface area (TPSA) is 50.8 Å². The summed E-state index contributed by atoms with van der Waals surface area (Å²) in [5, 5.41) is 2.76. The standard InChI is InChI=1S/C20H21ClF2N2O3/c1-27-16-7-2-13(3-8-16)11-25(15-5-6-15)12-19(26)24-14-4-9-18(17(21)10-14)28-20(22)23/h2-4,7-10,15,20H,5-6,11-12H2,1H3,(H,24,26). The van der Waals surface area contributed by atoms with Gasteiger partial charge in [0.25, 0.3) is 0 Å². The number of rotatable bonds is 9. The van der Waals surface area contributed by atoms with E-state index in [1.54, 1.807) is 7.11 Å². The van der Waals surface area contributed by atoms with Crippen LogP contribution in [0.15, 0.2) is 42.5 Å². The van der Waals surface area contributed by atoms with Gasteiger partial charge in [0.1, 0.15) is 11.5 Å². The van der Waals surface area contributed by atoms with Gasteiger partial charge in [0.05, 0.1) is 18.7 Å². The van der Waals surface area contributed by atoms with Gasteiger partial charge in [-0.05, 0) is 48.7 Å². The molecule has 1 aliphatic rings. The van der Waals surface area contributed by atoms with Crippen molar-refractivity contribution in [2.24, 2.45) is 0 Å². The summed E-state index contributed by atoms with van der Waals surface area (Å²) in [5.41, 5.74) is 1.52. The fourth-order valence-corrected chi connectivity index (χ4v) is 3.10. The Morgan fingerprint density at radius 2 is 1.96 bits per heavy atom. The molecule has 0 heterocycles. The first kappa shape index (κ1) is 20.4. The van der Waals surface area contributed by atoms with Crippen LogP contribution in [0.1, 0.15) is 18.4 Å². The molecule has 1 N–H and O–H groups in total. The van der Waals surface area contributed by atoms with Crippen LogP contribution in [-0.2, 0) is 11.3 Å². The summed E-state index contributed by atoms with van der Waals surface area (Å²) in [6, 6.07) is 12.3. The van der Waals surface area contributed by atoms with Crippen molar-refractivity contribution in [3.63, 3.8) is 0 Å². The van der Waals surface area contributed by atoms with Gasteiger partial charge in [-0.2, -0.15) is 8.78 Å². The number of alkyl halides is 2. The van der Waals surface area contributed by atoms with Crippen molar-refractivity contribution in [3.05, 3.63) is 53.1 Å². The lowest BCUT2D eigenvalue weighted by Gasteiger charge is -2.21. The van der Waals surface area contributed by atoms with Crippen LogP contribution >= 0.6 is 11.6 Å². The third-order valence-corrected chi connectivity index (χ3v) is 4.68. The van der Waals surface area contributed by atoms with Crippen molar-refractivity contribution in [1.29, 1.82) is 0 Å². The molecule has 0 spiro atoms. The Kier molecular flexibility index (Phi) is 6.70. The highest BCUT2D eigenvalue weighted by Gasteiger charge is 2.30. The summed E-state index contributed by atoms with van der Waals surface area (Å²) in [7, 11) is 1.62. The number of nitrogens with one attached hydrogen (secondary N) is 1. The normalized spacial score (nSPS) is 13.6. The van der Waals surface area contributed by atoms with Gasteiger partial charge in [-0.1, -0.05) is 23.7 Å². The number of carbonyl (C=O) groups is 1. The van der Waals surface area contributed by atoms with E-state index in [2.05, 4.69) is 15.0 Å². The van der Waals surface area contributed by atoms with Crippen LogP contribution in [0, 0.1) is 0 Å². The SMILES string of the molecule is COc1ccc(CN(CC(=O)Nc2ccc(OC(F)F)c(Cl)c2)C2CC2)cc1. The summed E-state index contributed by atoms with van der Waals surface area (Å²) in [5.74, 6) is 0.461. The minimum Gasteiger partial charge on any atom is -0.497 e. The second-order valence-corrected chi connectivity index (χ2v) is 6.96. The first-order chi connectivity index (χ1) is 13.4. The molecule has 2 aromatic carbocycles. The van der Waals surface area contributed by atoms with E-state index in [4.69, 9.17) is 16.3 Å². The number of carbonyl (C=O) groups excluding carboxylic acids is 1. The predicted molar refractivity (Wildman–Crippen MR) is 103 cm³/mol. The molecule has 0 radical (unpaired) electrons. The molecule has 0 aromatic heterocycles. The lowest BCUT2D eigenvalue weighted by molar-refractivity contribution is -0.117. The maximum atomic E-state index is 12.5. The Bertz CT molecular complexity index is 814. The van der Waals surface area contributed by atoms with Crippen molar-refractivity contribution >= 4 is 23.2 Å². The smallest absolute Gasteiger partial charge is 0.387 e. The zero-order chi connectivity index (χ0) is 20.1. The zero-order valence-corrected chi connectivity index (χ0v) is 16.1. The second kappa shape index (κ2) is 9.21. The van der Waals surface area contributed by atoms with Gasteiger partial charge < -0.3 is 14.8 Å². The molecule has 0 saturated heterocycles. The molecule has 5 nitrogen and oxygen atoms in total. The number of nitrogens with zero attached hydrogens (tertiary/aromatic N) is 1. The molecule has 150 valence electrons. The summed E-state index contributed by atoms with van der Waals surface area (Å²) in [6.45, 7) is -2.07. The third kappa shape index (κ3) is 5.81. The van der Waals surface area contributed by atoms with Crippen LogP contribution in [0.4, 0.5) is 14.5 Å². The first-order valence-electron chi connectivity index (χ1n) is 8.86. The Hall–Kier alpha value is -2.38. The van der Waals surface area contributed by atoms with Crippen LogP contribution in [0.5, 0.6) is 11.5 Å². The highest BCUT2D eigenvalue weighted by atomic mass is 35.5. The Labute approximate surface area is 167 Å². The maximum Gasteiger partial charge on any atom is 0.387 e. The maximum absolute atomic E-state index is 12.5. The van der Waals surface area contributed by atoms with E-state index in [9.17, 15) is 13.6 Å². The fourth-order valence-electron chi connectivity index (χ4n) is 2.87. The molecular weight excluding hydrogens is 390 g/mol. The molecule has 1 amide bonds. The van der Waals surface area contributed by atoms with Crippen molar-refractivity contribution in [1.82, 2.24) is 4.90 Å². The molecule has 1 saturated carbocycles. The van der Waals surface area contributed by atoms with E-state index >= 15 is 0 Å². The van der Waals surface area contributed by atoms with Gasteiger partial charge in [-0.15, -0.1) is 0 Å². The molecule has 0 unspecified atom stereocenters. The van der Waals surface area contributed by atoms with Gasteiger partial charge in [0, 0.05) is 18.3 Å². The molecule has 8 heteroatoms. The van der Waals surface area contributed by atoms with Crippen LogP contribution in [-0.4, -0.2) is 37.1 Å². The average molecular weight is 411 g/mol. The van der Waals surface area contributed by atoms with Gasteiger partial charge in [-0.3, -0.25) is 9.69 Å². The van der Waals surface area contributed by atoms with Crippen LogP contribution < -0.4 is 14.8 Å². The number of methoxy groups -OCH3 is 1. The Morgan fingerprint density at radius 3 is 2.54 bits per heavy atom. The van der Waals surface area contributed by atoms with E-state index in [1.165, 1.54) is 18.2 Å². The monoisotopic (exact) mass is 410 g/mol. The highest BCUT2D eigenvalue weighted by Crippen LogP contribution is 2.30. The number of hydrogen-bond acceptors (Lipinski definition) is 4. The molecule has 28 heavy (non-hydrogen) atoms. The second-order valence-electron chi connectivity index (χ2n) is 6.56. The molecular formula is C20H21ClF2N2O3. The third-order valence-electron chi connectivity index (χ3n) is 4.39. The number of anilines is 1. The van der Waals surface area contributed by atoms with E-state index in [-0.39, 0.29) is 23.2 Å². The number of ether oxygens (including phenoxy) is 2. The molecule has 0 bridgehead atoms. The van der Waals surface area contributed by atoms with Crippen LogP contribution in [0.2, 0.25) is 5.02 Å². The molecule has 1 aliphatic carbocycles. The van der Waals surface area contributed by atoms with Crippen molar-refractivity contribution in [2.45, 2.75) is 32.0 Å². The number of halogens is 3. The molecule has 3 rings (SSSR count). The molecule has 0 aliphatic heterocycles. The van der Waals surface area contributed by atoms with Gasteiger partial charge >= 0.3 is 6.61 Å². The number of benzene rings is 2. The number of hydrogen-bond donors (Lipinski definition) is 1. The van der Waals surface area contributed by atoms with Crippen molar-refractivity contribution < 1.29 is 23.0 Å². The lowest BCUT2D eigenvalue weighted by Crippen LogP contribution is -2.34. The quantitative estimate of drug-likeness (QED) is 0.658. The average Bonchev–Trinajstić information content (AvgIpc) is 3.49. The van der Waals surface area contributed by atoms with Gasteiger partial charge in [-0.25, -0.2) is 0 Å². The van der Waals surface area contributed by atoms with E-state index in [0.717, 1.165) is 24.2 Å². The minimum absolute atomic E-state index is 0.00961. The Balaban J connectivity index is 1.59. The summed E-state index contributed by atoms with van der Waals surface area (Å²) < 4.78 is 34.1. The van der Waals surface area contributed by atoms with Crippen molar-refractivity contribution in [2.75, 3.05) is 19.0 Å². The largest absolute Gasteiger partial charge is 0.497 e. The zero-order valence-electron chi connectivity index (χ0n) is 15.3. The highest BCUT2D eigenvalue weighted by molar-refractivity contribution is 6.32. The minimum atomic E-state index is -2.96. The van der Waals surface area contributed by atoms with Crippen LogP contribution in [0.25, 0.3) is 0 Å². The van der Waals surface area contributed by atoms with E-state index in [0.29, 0.717) is 18.3 Å². The van der Waals surface area contributed by atoms with E-state index in [1.807, 2.05) is 24.3 Å². The van der Waals surface area contributed by atoms with E-state index < -0.39 is 6.61 Å². The molecule has 2 aromatic rings. The first-order valence-corrected chi connectivity index (χ1v) is 9.23. The summed E-state index contributed by atoms with van der Waals surface area (Å²) >= 11 is 5.92. The predicted octanol–water partition coefficient (Wildman–Crippen LogP) is 4.55. The van der Waals surface area contributed by atoms with Crippen molar-refractivity contribution in [3.8, 4) is 11.5 Å². The molecule has 0 atom stereocenters. The summed E-state index contributed by atoms with van der Waals surface area (Å²) in [6.07, 6.45) is 2.13. The number of amides is 1. The fraction of sp³-hybridized carbons (Fsp3) is 0.350. The van der Waals surface area contributed by atoms with Gasteiger partial charge in [0.15, 0.2) is 0 Å².